The Morgan fingerprint density at radius 2 is 1.97 bits per heavy atom. The Morgan fingerprint density at radius 3 is 2.59 bits per heavy atom. The van der Waals surface area contributed by atoms with E-state index in [2.05, 4.69) is 5.32 Å². The van der Waals surface area contributed by atoms with Crippen molar-refractivity contribution in [3.8, 4) is 6.07 Å². The number of nitrogens with one attached hydrogen (secondary N) is 1. The predicted molar refractivity (Wildman–Crippen MR) is 121 cm³/mol. The first kappa shape index (κ1) is 26.3. The van der Waals surface area contributed by atoms with Gasteiger partial charge in [-0.1, -0.05) is 17.7 Å². The highest BCUT2D eigenvalue weighted by molar-refractivity contribution is 7.86. The number of nitriles is 1. The number of carbonyl (C=O) groups excluding carboxylic acids is 2. The van der Waals surface area contributed by atoms with Crippen LogP contribution in [0.1, 0.15) is 25.5 Å². The average molecular weight is 516 g/mol. The second-order valence-corrected chi connectivity index (χ2v) is 10.8. The summed E-state index contributed by atoms with van der Waals surface area (Å²) in [6.07, 6.45) is -1.08. The first-order valence-corrected chi connectivity index (χ1v) is 12.5. The molecule has 0 aromatic heterocycles. The van der Waals surface area contributed by atoms with Crippen molar-refractivity contribution in [1.29, 1.82) is 5.26 Å². The minimum Gasteiger partial charge on any atom is -0.366 e. The van der Waals surface area contributed by atoms with Gasteiger partial charge < -0.3 is 15.0 Å². The Labute approximate surface area is 203 Å². The van der Waals surface area contributed by atoms with Gasteiger partial charge in [-0.2, -0.15) is 22.3 Å². The van der Waals surface area contributed by atoms with Gasteiger partial charge in [0, 0.05) is 37.3 Å². The Bertz CT molecular complexity index is 1090. The van der Waals surface area contributed by atoms with Gasteiger partial charge in [0.05, 0.1) is 31.2 Å². The van der Waals surface area contributed by atoms with Crippen LogP contribution in [0.5, 0.6) is 0 Å². The number of halogens is 2. The lowest BCUT2D eigenvalue weighted by molar-refractivity contribution is -0.151. The molecule has 3 rings (SSSR count). The summed E-state index contributed by atoms with van der Waals surface area (Å²) in [5.74, 6) is -1.95. The van der Waals surface area contributed by atoms with E-state index in [9.17, 15) is 22.4 Å². The Kier molecular flexibility index (Phi) is 8.15. The molecule has 3 atom stereocenters. The van der Waals surface area contributed by atoms with Crippen LogP contribution in [-0.4, -0.2) is 85.7 Å². The topological polar surface area (TPSA) is 123 Å². The van der Waals surface area contributed by atoms with Gasteiger partial charge in [0.2, 0.25) is 5.91 Å². The minimum atomic E-state index is -3.81. The summed E-state index contributed by atoms with van der Waals surface area (Å²) < 4.78 is 47.6. The molecule has 0 unspecified atom stereocenters. The maximum Gasteiger partial charge on any atom is 0.282 e. The van der Waals surface area contributed by atoms with Gasteiger partial charge in [-0.15, -0.1) is 0 Å². The standard InChI is InChI=1S/C21H27ClFN5O5S/c1-13(17-5-4-16(22)8-18(17)23)25-20(29)14(2)26(3)21(30)19-12-27(6-7-33-19)34(31,32)28-10-15(9-24)11-28/h4-5,8,13-15,19H,6-7,10-12H2,1-3H3,(H,25,29)/t13-,14-,19+/m1/s1. The van der Waals surface area contributed by atoms with Crippen molar-refractivity contribution in [2.24, 2.45) is 5.92 Å². The van der Waals surface area contributed by atoms with Crippen LogP contribution in [0.2, 0.25) is 5.02 Å². The molecule has 2 saturated heterocycles. The van der Waals surface area contributed by atoms with Crippen LogP contribution in [0.15, 0.2) is 18.2 Å². The summed E-state index contributed by atoms with van der Waals surface area (Å²) in [5.41, 5.74) is 0.250. The molecule has 0 radical (unpaired) electrons. The normalized spacial score (nSPS) is 21.7. The zero-order chi connectivity index (χ0) is 25.2. The minimum absolute atomic E-state index is 0.0203. The largest absolute Gasteiger partial charge is 0.366 e. The van der Waals surface area contributed by atoms with Gasteiger partial charge in [-0.05, 0) is 26.0 Å². The molecular weight excluding hydrogens is 489 g/mol. The van der Waals surface area contributed by atoms with Crippen LogP contribution in [0.25, 0.3) is 0 Å². The molecule has 10 nitrogen and oxygen atoms in total. The Balaban J connectivity index is 1.60. The van der Waals surface area contributed by atoms with Crippen molar-refractivity contribution in [1.82, 2.24) is 18.8 Å². The molecule has 1 aromatic rings. The quantitative estimate of drug-likeness (QED) is 0.575. The molecular formula is C21H27ClFN5O5S. The lowest BCUT2D eigenvalue weighted by atomic mass is 10.1. The molecule has 0 bridgehead atoms. The van der Waals surface area contributed by atoms with E-state index < -0.39 is 46.0 Å². The third kappa shape index (κ3) is 5.50. The van der Waals surface area contributed by atoms with Gasteiger partial charge in [-0.25, -0.2) is 4.39 Å². The van der Waals surface area contributed by atoms with E-state index in [0.717, 1.165) is 10.4 Å². The number of carbonyl (C=O) groups is 2. The van der Waals surface area contributed by atoms with Crippen molar-refractivity contribution < 1.29 is 27.1 Å². The molecule has 2 aliphatic rings. The third-order valence-corrected chi connectivity index (χ3v) is 8.25. The highest BCUT2D eigenvalue weighted by Gasteiger charge is 2.43. The van der Waals surface area contributed by atoms with Crippen LogP contribution in [0.4, 0.5) is 4.39 Å². The van der Waals surface area contributed by atoms with Crippen LogP contribution in [0.3, 0.4) is 0 Å². The lowest BCUT2D eigenvalue weighted by Crippen LogP contribution is -2.60. The molecule has 0 aliphatic carbocycles. The van der Waals surface area contributed by atoms with Crippen LogP contribution >= 0.6 is 11.6 Å². The number of amides is 2. The average Bonchev–Trinajstić information content (AvgIpc) is 2.76. The van der Waals surface area contributed by atoms with E-state index in [1.54, 1.807) is 6.92 Å². The zero-order valence-electron chi connectivity index (χ0n) is 19.1. The fourth-order valence-corrected chi connectivity index (χ4v) is 5.57. The number of ether oxygens (including phenoxy) is 1. The molecule has 0 spiro atoms. The number of hydrogen-bond acceptors (Lipinski definition) is 6. The van der Waals surface area contributed by atoms with Gasteiger partial charge in [0.15, 0.2) is 0 Å². The smallest absolute Gasteiger partial charge is 0.282 e. The van der Waals surface area contributed by atoms with E-state index in [-0.39, 0.29) is 49.3 Å². The van der Waals surface area contributed by atoms with Crippen LogP contribution in [-0.2, 0) is 24.5 Å². The zero-order valence-corrected chi connectivity index (χ0v) is 20.6. The summed E-state index contributed by atoms with van der Waals surface area (Å²) in [6, 6.07) is 4.58. The number of rotatable bonds is 7. The summed E-state index contributed by atoms with van der Waals surface area (Å²) in [4.78, 5) is 26.9. The molecule has 1 aromatic carbocycles. The highest BCUT2D eigenvalue weighted by atomic mass is 35.5. The number of hydrogen-bond donors (Lipinski definition) is 1. The highest BCUT2D eigenvalue weighted by Crippen LogP contribution is 2.24. The molecule has 2 heterocycles. The monoisotopic (exact) mass is 515 g/mol. The van der Waals surface area contributed by atoms with E-state index in [1.165, 1.54) is 35.3 Å². The second kappa shape index (κ2) is 10.5. The van der Waals surface area contributed by atoms with E-state index >= 15 is 0 Å². The van der Waals surface area contributed by atoms with Gasteiger partial charge in [-0.3, -0.25) is 9.59 Å². The van der Waals surface area contributed by atoms with E-state index in [4.69, 9.17) is 21.6 Å². The van der Waals surface area contributed by atoms with Crippen molar-refractivity contribution in [2.75, 3.05) is 39.8 Å². The first-order chi connectivity index (χ1) is 15.9. The molecule has 2 fully saturated rings. The fraction of sp³-hybridized carbons (Fsp3) is 0.571. The second-order valence-electron chi connectivity index (χ2n) is 8.39. The number of morpholine rings is 1. The summed E-state index contributed by atoms with van der Waals surface area (Å²) in [5, 5.41) is 11.8. The maximum atomic E-state index is 14.2. The molecule has 1 N–H and O–H groups in total. The molecule has 2 aliphatic heterocycles. The summed E-state index contributed by atoms with van der Waals surface area (Å²) in [6.45, 7) is 3.28. The summed E-state index contributed by atoms with van der Waals surface area (Å²) in [7, 11) is -2.39. The molecule has 0 saturated carbocycles. The van der Waals surface area contributed by atoms with E-state index in [1.807, 2.05) is 6.07 Å². The number of nitrogens with zero attached hydrogens (tertiary/aromatic N) is 4. The van der Waals surface area contributed by atoms with Crippen LogP contribution in [0, 0.1) is 23.1 Å². The van der Waals surface area contributed by atoms with Gasteiger partial charge in [0.1, 0.15) is 18.0 Å². The number of benzene rings is 1. The van der Waals surface area contributed by atoms with Crippen molar-refractivity contribution in [3.63, 3.8) is 0 Å². The van der Waals surface area contributed by atoms with Crippen molar-refractivity contribution in [3.05, 3.63) is 34.6 Å². The third-order valence-electron chi connectivity index (χ3n) is 6.08. The maximum absolute atomic E-state index is 14.2. The van der Waals surface area contributed by atoms with Crippen molar-refractivity contribution in [2.45, 2.75) is 32.0 Å². The first-order valence-electron chi connectivity index (χ1n) is 10.7. The van der Waals surface area contributed by atoms with Crippen LogP contribution < -0.4 is 5.32 Å². The lowest BCUT2D eigenvalue weighted by Gasteiger charge is -2.40. The summed E-state index contributed by atoms with van der Waals surface area (Å²) >= 11 is 5.77. The Morgan fingerprint density at radius 1 is 1.29 bits per heavy atom. The molecule has 13 heteroatoms. The molecule has 34 heavy (non-hydrogen) atoms. The van der Waals surface area contributed by atoms with Crippen molar-refractivity contribution >= 4 is 33.6 Å². The fourth-order valence-electron chi connectivity index (χ4n) is 3.71. The molecule has 2 amide bonds. The Hall–Kier alpha value is -2.30. The van der Waals surface area contributed by atoms with E-state index in [0.29, 0.717) is 0 Å². The molecule has 186 valence electrons. The van der Waals surface area contributed by atoms with Gasteiger partial charge >= 0.3 is 0 Å². The SMILES string of the molecule is C[C@H](C(=O)N[C@H](C)c1ccc(Cl)cc1F)N(C)C(=O)[C@@H]1CN(S(=O)(=O)N2CC(C#N)C2)CCO1. The van der Waals surface area contributed by atoms with Gasteiger partial charge in [0.25, 0.3) is 16.1 Å². The number of likely N-dealkylation sites (N-methyl/N-ethyl adjacent to an activating group) is 1. The predicted octanol–water partition coefficient (Wildman–Crippen LogP) is 0.904.